The van der Waals surface area contributed by atoms with Crippen LogP contribution >= 0.6 is 8.25 Å². The molecule has 0 aromatic carbocycles. The third kappa shape index (κ3) is 4.68. The van der Waals surface area contributed by atoms with Gasteiger partial charge in [-0.2, -0.15) is 8.78 Å². The van der Waals surface area contributed by atoms with Crippen molar-refractivity contribution in [3.63, 3.8) is 0 Å². The molecule has 0 heterocycles. The Morgan fingerprint density at radius 2 is 1.94 bits per heavy atom. The van der Waals surface area contributed by atoms with E-state index in [9.17, 15) is 18.1 Å². The highest BCUT2D eigenvalue weighted by atomic mass is 31.1. The van der Waals surface area contributed by atoms with Crippen molar-refractivity contribution in [3.8, 4) is 0 Å². The number of rotatable bonds is 7. The van der Waals surface area contributed by atoms with Gasteiger partial charge in [-0.15, -0.1) is 0 Å². The van der Waals surface area contributed by atoms with Crippen molar-refractivity contribution in [1.82, 2.24) is 0 Å². The number of carbonyl (C=O) groups excluding carboxylic acids is 1. The van der Waals surface area contributed by atoms with Gasteiger partial charge < -0.3 is 4.89 Å². The summed E-state index contributed by atoms with van der Waals surface area (Å²) in [5, 5.41) is 0. The van der Waals surface area contributed by atoms with Gasteiger partial charge in [0, 0.05) is 6.42 Å². The van der Waals surface area contributed by atoms with Crippen LogP contribution in [0, 0.1) is 0 Å². The van der Waals surface area contributed by atoms with Crippen LogP contribution in [0.3, 0.4) is 0 Å². The van der Waals surface area contributed by atoms with Gasteiger partial charge in [0.2, 0.25) is 5.78 Å². The predicted octanol–water partition coefficient (Wildman–Crippen LogP) is 2.56. The summed E-state index contributed by atoms with van der Waals surface area (Å²) in [6.45, 7) is 3.86. The molecule has 0 amide bonds. The van der Waals surface area contributed by atoms with E-state index in [4.69, 9.17) is 4.89 Å². The first kappa shape index (κ1) is 15.7. The highest BCUT2D eigenvalue weighted by Gasteiger charge is 2.47. The first-order valence-electron chi connectivity index (χ1n) is 4.98. The Kier molecular flexibility index (Phi) is 5.73. The molecule has 1 N–H and O–H groups in total. The molecule has 1 atom stereocenters. The van der Waals surface area contributed by atoms with Gasteiger partial charge >= 0.3 is 14.2 Å². The SMILES string of the molecule is CCCCC(F)(F)C(=O)C(C)(C)O[PH](=O)O. The first-order chi connectivity index (χ1) is 7.13. The normalized spacial score (nSPS) is 14.9. The lowest BCUT2D eigenvalue weighted by atomic mass is 9.95. The van der Waals surface area contributed by atoms with E-state index in [1.54, 1.807) is 6.92 Å². The number of hydrogen-bond acceptors (Lipinski definition) is 3. The summed E-state index contributed by atoms with van der Waals surface area (Å²) in [6, 6.07) is 0. The fraction of sp³-hybridized carbons (Fsp3) is 0.889. The number of carbonyl (C=O) groups is 1. The summed E-state index contributed by atoms with van der Waals surface area (Å²) in [5.41, 5.74) is -1.94. The van der Waals surface area contributed by atoms with Crippen molar-refractivity contribution in [2.24, 2.45) is 0 Å². The molecule has 0 rings (SSSR count). The fourth-order valence-electron chi connectivity index (χ4n) is 1.22. The molecule has 4 nitrogen and oxygen atoms in total. The molecule has 0 aliphatic heterocycles. The molecule has 0 aromatic rings. The number of alkyl halides is 2. The number of halogens is 2. The molecule has 0 bridgehead atoms. The fourth-order valence-corrected chi connectivity index (χ4v) is 1.75. The molecule has 0 aromatic heterocycles. The minimum Gasteiger partial charge on any atom is -0.326 e. The number of hydrogen-bond donors (Lipinski definition) is 1. The summed E-state index contributed by atoms with van der Waals surface area (Å²) >= 11 is 0. The summed E-state index contributed by atoms with van der Waals surface area (Å²) < 4.78 is 41.5. The van der Waals surface area contributed by atoms with Crippen molar-refractivity contribution in [2.75, 3.05) is 0 Å². The number of unbranched alkanes of at least 4 members (excludes halogenated alkanes) is 1. The summed E-state index contributed by atoms with van der Waals surface area (Å²) in [6.07, 6.45) is 0.186. The Hall–Kier alpha value is -0.320. The van der Waals surface area contributed by atoms with Gasteiger partial charge in [-0.1, -0.05) is 13.3 Å². The zero-order valence-electron chi connectivity index (χ0n) is 9.55. The average Bonchev–Trinajstić information content (AvgIpc) is 2.11. The molecule has 96 valence electrons. The van der Waals surface area contributed by atoms with Crippen LogP contribution in [-0.2, 0) is 13.9 Å². The smallest absolute Gasteiger partial charge is 0.317 e. The first-order valence-corrected chi connectivity index (χ1v) is 6.24. The van der Waals surface area contributed by atoms with Crippen LogP contribution in [0.25, 0.3) is 0 Å². The molecule has 7 heteroatoms. The summed E-state index contributed by atoms with van der Waals surface area (Å²) in [4.78, 5) is 19.9. The van der Waals surface area contributed by atoms with E-state index in [-0.39, 0.29) is 6.42 Å². The van der Waals surface area contributed by atoms with Gasteiger partial charge in [-0.05, 0) is 20.3 Å². The molecule has 0 spiro atoms. The lowest BCUT2D eigenvalue weighted by Crippen LogP contribution is -2.45. The standard InChI is InChI=1S/C9H17F2O4P/c1-4-5-6-9(10,11)7(12)8(2,3)15-16(13)14/h16H,4-6H2,1-3H3,(H,13,14). The van der Waals surface area contributed by atoms with Crippen LogP contribution in [0.15, 0.2) is 0 Å². The Morgan fingerprint density at radius 1 is 1.44 bits per heavy atom. The minimum absolute atomic E-state index is 0.211. The van der Waals surface area contributed by atoms with E-state index in [2.05, 4.69) is 4.52 Å². The monoisotopic (exact) mass is 258 g/mol. The highest BCUT2D eigenvalue weighted by molar-refractivity contribution is 7.32. The molecule has 1 unspecified atom stereocenters. The molecule has 0 aliphatic carbocycles. The van der Waals surface area contributed by atoms with E-state index >= 15 is 0 Å². The molecule has 0 aliphatic rings. The molecule has 0 saturated heterocycles. The number of ketones is 1. The Labute approximate surface area is 93.9 Å². The lowest BCUT2D eigenvalue weighted by molar-refractivity contribution is -0.158. The van der Waals surface area contributed by atoms with Crippen molar-refractivity contribution in [1.29, 1.82) is 0 Å². The van der Waals surface area contributed by atoms with E-state index in [0.717, 1.165) is 13.8 Å². The molecule has 0 radical (unpaired) electrons. The molecule has 0 fully saturated rings. The Bertz CT molecular complexity index is 279. The van der Waals surface area contributed by atoms with E-state index < -0.39 is 32.0 Å². The quantitative estimate of drug-likeness (QED) is 0.713. The Morgan fingerprint density at radius 3 is 2.31 bits per heavy atom. The van der Waals surface area contributed by atoms with Crippen LogP contribution in [0.2, 0.25) is 0 Å². The summed E-state index contributed by atoms with van der Waals surface area (Å²) in [5.74, 6) is -4.97. The van der Waals surface area contributed by atoms with Gasteiger partial charge in [-0.25, -0.2) is 0 Å². The maximum absolute atomic E-state index is 13.3. The second-order valence-corrected chi connectivity index (χ2v) is 4.75. The zero-order chi connectivity index (χ0) is 13.0. The van der Waals surface area contributed by atoms with Crippen LogP contribution < -0.4 is 0 Å². The second kappa shape index (κ2) is 5.84. The van der Waals surface area contributed by atoms with Crippen LogP contribution in [0.1, 0.15) is 40.0 Å². The predicted molar refractivity (Wildman–Crippen MR) is 55.9 cm³/mol. The maximum atomic E-state index is 13.3. The van der Waals surface area contributed by atoms with Gasteiger partial charge in [-0.3, -0.25) is 13.9 Å². The minimum atomic E-state index is -3.52. The summed E-state index contributed by atoms with van der Waals surface area (Å²) in [7, 11) is -3.42. The van der Waals surface area contributed by atoms with Crippen molar-refractivity contribution in [3.05, 3.63) is 0 Å². The van der Waals surface area contributed by atoms with E-state index in [1.165, 1.54) is 0 Å². The van der Waals surface area contributed by atoms with Crippen LogP contribution in [0.5, 0.6) is 0 Å². The van der Waals surface area contributed by atoms with E-state index in [1.807, 2.05) is 0 Å². The van der Waals surface area contributed by atoms with Gasteiger partial charge in [0.25, 0.3) is 0 Å². The highest BCUT2D eigenvalue weighted by Crippen LogP contribution is 2.34. The van der Waals surface area contributed by atoms with Crippen LogP contribution in [0.4, 0.5) is 8.78 Å². The third-order valence-corrected chi connectivity index (χ3v) is 2.75. The van der Waals surface area contributed by atoms with Crippen molar-refractivity contribution >= 4 is 14.0 Å². The van der Waals surface area contributed by atoms with Crippen LogP contribution in [-0.4, -0.2) is 22.2 Å². The molecule has 0 saturated carbocycles. The van der Waals surface area contributed by atoms with Gasteiger partial charge in [0.1, 0.15) is 5.60 Å². The van der Waals surface area contributed by atoms with Gasteiger partial charge in [0.15, 0.2) is 0 Å². The average molecular weight is 258 g/mol. The largest absolute Gasteiger partial charge is 0.326 e. The molecular formula is C9H17F2O4P. The van der Waals surface area contributed by atoms with Crippen molar-refractivity contribution in [2.45, 2.75) is 51.6 Å². The number of Topliss-reactive ketones (excluding diaryl/α,β-unsaturated/α-hetero) is 1. The van der Waals surface area contributed by atoms with Gasteiger partial charge in [0.05, 0.1) is 0 Å². The molecular weight excluding hydrogens is 241 g/mol. The Balaban J connectivity index is 4.68. The lowest BCUT2D eigenvalue weighted by Gasteiger charge is -2.26. The van der Waals surface area contributed by atoms with Crippen molar-refractivity contribution < 1.29 is 27.6 Å². The zero-order valence-corrected chi connectivity index (χ0v) is 10.5. The molecule has 16 heavy (non-hydrogen) atoms. The van der Waals surface area contributed by atoms with E-state index in [0.29, 0.717) is 6.42 Å². The second-order valence-electron chi connectivity index (χ2n) is 4.02. The topological polar surface area (TPSA) is 63.6 Å². The third-order valence-electron chi connectivity index (χ3n) is 2.07. The maximum Gasteiger partial charge on any atom is 0.317 e.